The standard InChI is InChI=1S/C13H13F2N3/c1-18(11-3-2-8(6-16)7-17-11)12-9-4-13(14,15)5-10(9)12/h2-3,7,9-10,12H,4-5H2,1H3/t9-,10+,12+. The van der Waals surface area contributed by atoms with Gasteiger partial charge in [-0.25, -0.2) is 13.8 Å². The monoisotopic (exact) mass is 249 g/mol. The van der Waals surface area contributed by atoms with Crippen molar-refractivity contribution in [2.24, 2.45) is 11.8 Å². The lowest BCUT2D eigenvalue weighted by Gasteiger charge is -2.22. The Morgan fingerprint density at radius 3 is 2.56 bits per heavy atom. The molecule has 0 radical (unpaired) electrons. The van der Waals surface area contributed by atoms with Crippen LogP contribution in [0.1, 0.15) is 18.4 Å². The highest BCUT2D eigenvalue weighted by Crippen LogP contribution is 2.60. The van der Waals surface area contributed by atoms with Crippen LogP contribution in [-0.2, 0) is 0 Å². The van der Waals surface area contributed by atoms with Gasteiger partial charge >= 0.3 is 0 Å². The summed E-state index contributed by atoms with van der Waals surface area (Å²) in [4.78, 5) is 6.15. The maximum atomic E-state index is 13.1. The van der Waals surface area contributed by atoms with Gasteiger partial charge in [0.05, 0.1) is 5.56 Å². The van der Waals surface area contributed by atoms with Crippen LogP contribution in [0.25, 0.3) is 0 Å². The number of halogens is 2. The molecule has 0 bridgehead atoms. The van der Waals surface area contributed by atoms with E-state index in [0.717, 1.165) is 5.82 Å². The fraction of sp³-hybridized carbons (Fsp3) is 0.538. The fourth-order valence-corrected chi connectivity index (χ4v) is 3.13. The van der Waals surface area contributed by atoms with E-state index in [1.807, 2.05) is 18.0 Å². The third-order valence-electron chi connectivity index (χ3n) is 4.04. The second kappa shape index (κ2) is 3.64. The van der Waals surface area contributed by atoms with Crippen LogP contribution < -0.4 is 4.90 Å². The summed E-state index contributed by atoms with van der Waals surface area (Å²) in [6, 6.07) is 5.66. The second-order valence-electron chi connectivity index (χ2n) is 5.21. The van der Waals surface area contributed by atoms with Gasteiger partial charge in [0.15, 0.2) is 0 Å². The number of nitrogens with zero attached hydrogens (tertiary/aromatic N) is 3. The van der Waals surface area contributed by atoms with E-state index in [-0.39, 0.29) is 30.7 Å². The molecular weight excluding hydrogens is 236 g/mol. The summed E-state index contributed by atoms with van der Waals surface area (Å²) >= 11 is 0. The molecule has 5 heteroatoms. The molecule has 2 aliphatic rings. The normalized spacial score (nSPS) is 31.6. The molecule has 1 aromatic heterocycles. The van der Waals surface area contributed by atoms with Crippen molar-refractivity contribution in [2.75, 3.05) is 11.9 Å². The van der Waals surface area contributed by atoms with E-state index < -0.39 is 5.92 Å². The van der Waals surface area contributed by atoms with Gasteiger partial charge in [-0.05, 0) is 24.0 Å². The molecule has 18 heavy (non-hydrogen) atoms. The molecule has 1 heterocycles. The molecule has 2 fully saturated rings. The highest BCUT2D eigenvalue weighted by atomic mass is 19.3. The van der Waals surface area contributed by atoms with Crippen LogP contribution in [0.2, 0.25) is 0 Å². The van der Waals surface area contributed by atoms with Crippen LogP contribution in [0.5, 0.6) is 0 Å². The van der Waals surface area contributed by atoms with Crippen LogP contribution in [-0.4, -0.2) is 24.0 Å². The highest BCUT2D eigenvalue weighted by Gasteiger charge is 2.64. The predicted octanol–water partition coefficient (Wildman–Crippen LogP) is 2.43. The Hall–Kier alpha value is -1.70. The van der Waals surface area contributed by atoms with E-state index in [1.54, 1.807) is 12.1 Å². The number of nitriles is 1. The lowest BCUT2D eigenvalue weighted by molar-refractivity contribution is -0.00518. The van der Waals surface area contributed by atoms with Crippen LogP contribution in [0.4, 0.5) is 14.6 Å². The van der Waals surface area contributed by atoms with E-state index in [9.17, 15) is 8.78 Å². The average Bonchev–Trinajstić information content (AvgIpc) is 2.87. The van der Waals surface area contributed by atoms with Gasteiger partial charge in [0.1, 0.15) is 11.9 Å². The Bertz CT molecular complexity index is 492. The molecule has 3 nitrogen and oxygen atoms in total. The summed E-state index contributed by atoms with van der Waals surface area (Å²) in [5.41, 5.74) is 0.509. The zero-order valence-corrected chi connectivity index (χ0v) is 9.98. The molecule has 0 N–H and O–H groups in total. The van der Waals surface area contributed by atoms with Crippen LogP contribution in [0.15, 0.2) is 18.3 Å². The number of rotatable bonds is 2. The molecule has 2 saturated carbocycles. The zero-order valence-electron chi connectivity index (χ0n) is 9.98. The largest absolute Gasteiger partial charge is 0.356 e. The molecule has 0 aromatic carbocycles. The molecule has 0 aliphatic heterocycles. The summed E-state index contributed by atoms with van der Waals surface area (Å²) < 4.78 is 26.2. The van der Waals surface area contributed by atoms with E-state index in [0.29, 0.717) is 5.56 Å². The molecule has 3 atom stereocenters. The number of pyridine rings is 1. The van der Waals surface area contributed by atoms with Gasteiger partial charge in [0.2, 0.25) is 5.92 Å². The Morgan fingerprint density at radius 1 is 1.39 bits per heavy atom. The maximum absolute atomic E-state index is 13.1. The molecule has 2 aliphatic carbocycles. The maximum Gasteiger partial charge on any atom is 0.248 e. The first-order chi connectivity index (χ1) is 8.52. The molecule has 0 amide bonds. The molecular formula is C13H13F2N3. The van der Waals surface area contributed by atoms with Crippen molar-refractivity contribution in [1.29, 1.82) is 5.26 Å². The minimum atomic E-state index is -2.47. The van der Waals surface area contributed by atoms with Crippen molar-refractivity contribution < 1.29 is 8.78 Å². The molecule has 94 valence electrons. The van der Waals surface area contributed by atoms with Gasteiger partial charge in [0, 0.05) is 32.1 Å². The summed E-state index contributed by atoms with van der Waals surface area (Å²) in [5, 5.41) is 8.69. The zero-order chi connectivity index (χ0) is 12.9. The average molecular weight is 249 g/mol. The highest BCUT2D eigenvalue weighted by molar-refractivity contribution is 5.45. The Labute approximate surface area is 104 Å². The topological polar surface area (TPSA) is 39.9 Å². The predicted molar refractivity (Wildman–Crippen MR) is 62.3 cm³/mol. The number of hydrogen-bond acceptors (Lipinski definition) is 3. The first-order valence-corrected chi connectivity index (χ1v) is 5.99. The van der Waals surface area contributed by atoms with E-state index in [2.05, 4.69) is 4.98 Å². The lowest BCUT2D eigenvalue weighted by atomic mass is 10.1. The third-order valence-corrected chi connectivity index (χ3v) is 4.04. The lowest BCUT2D eigenvalue weighted by Crippen LogP contribution is -2.28. The van der Waals surface area contributed by atoms with Crippen LogP contribution in [0.3, 0.4) is 0 Å². The third kappa shape index (κ3) is 1.72. The number of fused-ring (bicyclic) bond motifs is 1. The van der Waals surface area contributed by atoms with E-state index >= 15 is 0 Å². The van der Waals surface area contributed by atoms with Crippen molar-refractivity contribution >= 4 is 5.82 Å². The fourth-order valence-electron chi connectivity index (χ4n) is 3.13. The SMILES string of the molecule is CN(c1ccc(C#N)cn1)[C@H]1[C@@H]2CC(F)(F)C[C@@H]21. The molecule has 1 aromatic rings. The smallest absolute Gasteiger partial charge is 0.248 e. The van der Waals surface area contributed by atoms with E-state index in [1.165, 1.54) is 6.20 Å². The van der Waals surface area contributed by atoms with Crippen LogP contribution >= 0.6 is 0 Å². The van der Waals surface area contributed by atoms with Crippen molar-refractivity contribution in [3.63, 3.8) is 0 Å². The van der Waals surface area contributed by atoms with Gasteiger partial charge < -0.3 is 4.90 Å². The van der Waals surface area contributed by atoms with E-state index in [4.69, 9.17) is 5.26 Å². The number of anilines is 1. The van der Waals surface area contributed by atoms with Gasteiger partial charge in [-0.1, -0.05) is 0 Å². The first kappa shape index (κ1) is 11.4. The Balaban J connectivity index is 1.70. The summed E-state index contributed by atoms with van der Waals surface area (Å²) in [6.07, 6.45) is 1.52. The van der Waals surface area contributed by atoms with Crippen molar-refractivity contribution in [1.82, 2.24) is 4.98 Å². The summed E-state index contributed by atoms with van der Waals surface area (Å²) in [5.74, 6) is -1.52. The minimum absolute atomic E-state index is 0.00293. The summed E-state index contributed by atoms with van der Waals surface area (Å²) in [7, 11) is 1.88. The van der Waals surface area contributed by atoms with Crippen LogP contribution in [0, 0.1) is 23.2 Å². The van der Waals surface area contributed by atoms with Crippen molar-refractivity contribution in [2.45, 2.75) is 24.8 Å². The number of aromatic nitrogens is 1. The van der Waals surface area contributed by atoms with Gasteiger partial charge in [0.25, 0.3) is 0 Å². The van der Waals surface area contributed by atoms with Gasteiger partial charge in [-0.15, -0.1) is 0 Å². The molecule has 0 spiro atoms. The quantitative estimate of drug-likeness (QED) is 0.808. The Kier molecular flexibility index (Phi) is 2.31. The second-order valence-corrected chi connectivity index (χ2v) is 5.21. The number of alkyl halides is 2. The van der Waals surface area contributed by atoms with Crippen molar-refractivity contribution in [3.8, 4) is 6.07 Å². The minimum Gasteiger partial charge on any atom is -0.356 e. The first-order valence-electron chi connectivity index (χ1n) is 5.99. The number of hydrogen-bond donors (Lipinski definition) is 0. The van der Waals surface area contributed by atoms with Gasteiger partial charge in [-0.2, -0.15) is 5.26 Å². The Morgan fingerprint density at radius 2 is 2.06 bits per heavy atom. The summed E-state index contributed by atoms with van der Waals surface area (Å²) in [6.45, 7) is 0. The van der Waals surface area contributed by atoms with Crippen molar-refractivity contribution in [3.05, 3.63) is 23.9 Å². The molecule has 0 saturated heterocycles. The molecule has 0 unspecified atom stereocenters. The molecule has 3 rings (SSSR count). The van der Waals surface area contributed by atoms with Gasteiger partial charge in [-0.3, -0.25) is 0 Å².